The highest BCUT2D eigenvalue weighted by molar-refractivity contribution is 5.34. The van der Waals surface area contributed by atoms with Crippen LogP contribution in [0, 0.1) is 19.8 Å². The molecule has 2 rings (SSSR count). The predicted molar refractivity (Wildman–Crippen MR) is 66.5 cm³/mol. The van der Waals surface area contributed by atoms with Gasteiger partial charge < -0.3 is 5.32 Å². The fraction of sp³-hybridized carbons (Fsp3) is 0.692. The summed E-state index contributed by atoms with van der Waals surface area (Å²) < 4.78 is 0. The number of aryl methyl sites for hydroxylation is 2. The van der Waals surface area contributed by atoms with E-state index in [0.29, 0.717) is 6.04 Å². The molecule has 0 radical (unpaired) electrons. The minimum absolute atomic E-state index is 0.590. The third-order valence-corrected chi connectivity index (χ3v) is 3.56. The van der Waals surface area contributed by atoms with Gasteiger partial charge in [-0.1, -0.05) is 6.92 Å². The quantitative estimate of drug-likeness (QED) is 0.830. The highest BCUT2D eigenvalue weighted by atomic mass is 15.0. The maximum atomic E-state index is 4.51. The number of rotatable bonds is 2. The number of aromatic nitrogens is 2. The van der Waals surface area contributed by atoms with Crippen molar-refractivity contribution in [1.82, 2.24) is 9.97 Å². The molecule has 1 aromatic heterocycles. The van der Waals surface area contributed by atoms with Crippen LogP contribution in [0.2, 0.25) is 0 Å². The van der Waals surface area contributed by atoms with Crippen molar-refractivity contribution < 1.29 is 0 Å². The summed E-state index contributed by atoms with van der Waals surface area (Å²) in [5, 5.41) is 3.50. The molecule has 1 aliphatic carbocycles. The van der Waals surface area contributed by atoms with Crippen molar-refractivity contribution >= 4 is 5.82 Å². The van der Waals surface area contributed by atoms with E-state index in [1.807, 2.05) is 20.0 Å². The first-order valence-corrected chi connectivity index (χ1v) is 6.22. The molecule has 1 heterocycles. The number of hydrogen-bond donors (Lipinski definition) is 1. The Morgan fingerprint density at radius 2 is 1.81 bits per heavy atom. The molecule has 88 valence electrons. The topological polar surface area (TPSA) is 37.8 Å². The van der Waals surface area contributed by atoms with Gasteiger partial charge in [-0.25, -0.2) is 4.98 Å². The molecule has 0 unspecified atom stereocenters. The van der Waals surface area contributed by atoms with Crippen LogP contribution in [0.5, 0.6) is 0 Å². The van der Waals surface area contributed by atoms with Gasteiger partial charge in [0.15, 0.2) is 0 Å². The summed E-state index contributed by atoms with van der Waals surface area (Å²) in [4.78, 5) is 8.85. The summed E-state index contributed by atoms with van der Waals surface area (Å²) in [5.74, 6) is 1.83. The van der Waals surface area contributed by atoms with Crippen LogP contribution in [0.4, 0.5) is 5.82 Å². The highest BCUT2D eigenvalue weighted by Crippen LogP contribution is 2.25. The average Bonchev–Trinajstić information content (AvgIpc) is 2.27. The van der Waals surface area contributed by atoms with E-state index in [4.69, 9.17) is 0 Å². The molecule has 0 spiro atoms. The van der Waals surface area contributed by atoms with Gasteiger partial charge in [0, 0.05) is 6.04 Å². The van der Waals surface area contributed by atoms with Crippen molar-refractivity contribution in [1.29, 1.82) is 0 Å². The minimum Gasteiger partial charge on any atom is -0.366 e. The minimum atomic E-state index is 0.590. The van der Waals surface area contributed by atoms with E-state index in [0.717, 1.165) is 23.1 Å². The highest BCUT2D eigenvalue weighted by Gasteiger charge is 2.18. The average molecular weight is 219 g/mol. The third kappa shape index (κ3) is 2.71. The van der Waals surface area contributed by atoms with Crippen LogP contribution < -0.4 is 5.32 Å². The van der Waals surface area contributed by atoms with Gasteiger partial charge in [-0.15, -0.1) is 0 Å². The first kappa shape index (κ1) is 11.4. The molecular weight excluding hydrogens is 198 g/mol. The Morgan fingerprint density at radius 3 is 2.44 bits per heavy atom. The fourth-order valence-electron chi connectivity index (χ4n) is 2.22. The first-order chi connectivity index (χ1) is 7.65. The molecule has 0 aromatic carbocycles. The maximum absolute atomic E-state index is 4.51. The lowest BCUT2D eigenvalue weighted by atomic mass is 9.87. The zero-order valence-electron chi connectivity index (χ0n) is 10.5. The molecule has 0 aliphatic heterocycles. The number of hydrogen-bond acceptors (Lipinski definition) is 3. The van der Waals surface area contributed by atoms with Crippen molar-refractivity contribution in [3.8, 4) is 0 Å². The number of nitrogens with zero attached hydrogens (tertiary/aromatic N) is 2. The van der Waals surface area contributed by atoms with Crippen molar-refractivity contribution in [2.45, 2.75) is 52.5 Å². The van der Waals surface area contributed by atoms with E-state index in [2.05, 4.69) is 22.2 Å². The molecule has 1 aliphatic rings. The Balaban J connectivity index is 1.96. The normalized spacial score (nSPS) is 25.4. The summed E-state index contributed by atoms with van der Waals surface area (Å²) in [6.45, 7) is 6.34. The Morgan fingerprint density at radius 1 is 1.12 bits per heavy atom. The Kier molecular flexibility index (Phi) is 3.42. The molecule has 1 N–H and O–H groups in total. The van der Waals surface area contributed by atoms with Gasteiger partial charge in [0.2, 0.25) is 0 Å². The largest absolute Gasteiger partial charge is 0.366 e. The van der Waals surface area contributed by atoms with Crippen molar-refractivity contribution in [3.63, 3.8) is 0 Å². The van der Waals surface area contributed by atoms with E-state index in [1.54, 1.807) is 0 Å². The van der Waals surface area contributed by atoms with Gasteiger partial charge >= 0.3 is 0 Å². The molecule has 0 amide bonds. The first-order valence-electron chi connectivity index (χ1n) is 6.22. The standard InChI is InChI=1S/C13H21N3/c1-9-4-6-12(7-5-9)16-13-8-14-10(2)11(3)15-13/h8-9,12H,4-7H2,1-3H3,(H,15,16). The summed E-state index contributed by atoms with van der Waals surface area (Å²) in [6.07, 6.45) is 7.03. The summed E-state index contributed by atoms with van der Waals surface area (Å²) in [5.41, 5.74) is 2.04. The Labute approximate surface area is 97.7 Å². The smallest absolute Gasteiger partial charge is 0.145 e. The monoisotopic (exact) mass is 219 g/mol. The van der Waals surface area contributed by atoms with Crippen molar-refractivity contribution in [3.05, 3.63) is 17.6 Å². The molecular formula is C13H21N3. The lowest BCUT2D eigenvalue weighted by Crippen LogP contribution is -2.25. The summed E-state index contributed by atoms with van der Waals surface area (Å²) >= 11 is 0. The number of nitrogens with one attached hydrogen (secondary N) is 1. The maximum Gasteiger partial charge on any atom is 0.145 e. The lowest BCUT2D eigenvalue weighted by Gasteiger charge is -2.27. The van der Waals surface area contributed by atoms with Crippen LogP contribution in [0.25, 0.3) is 0 Å². The molecule has 1 saturated carbocycles. The molecule has 0 atom stereocenters. The van der Waals surface area contributed by atoms with Crippen LogP contribution in [0.15, 0.2) is 6.20 Å². The van der Waals surface area contributed by atoms with E-state index in [-0.39, 0.29) is 0 Å². The van der Waals surface area contributed by atoms with E-state index in [1.165, 1.54) is 25.7 Å². The van der Waals surface area contributed by atoms with Gasteiger partial charge in [-0.2, -0.15) is 0 Å². The third-order valence-electron chi connectivity index (χ3n) is 3.56. The van der Waals surface area contributed by atoms with Crippen LogP contribution in [-0.2, 0) is 0 Å². The second kappa shape index (κ2) is 4.81. The molecule has 1 fully saturated rings. The lowest BCUT2D eigenvalue weighted by molar-refractivity contribution is 0.360. The van der Waals surface area contributed by atoms with Gasteiger partial charge in [0.1, 0.15) is 5.82 Å². The van der Waals surface area contributed by atoms with E-state index < -0.39 is 0 Å². The van der Waals surface area contributed by atoms with Gasteiger partial charge in [0.25, 0.3) is 0 Å². The second-order valence-electron chi connectivity index (χ2n) is 5.03. The van der Waals surface area contributed by atoms with Crippen LogP contribution in [0.1, 0.15) is 44.0 Å². The van der Waals surface area contributed by atoms with Crippen LogP contribution >= 0.6 is 0 Å². The number of anilines is 1. The molecule has 1 aromatic rings. The second-order valence-corrected chi connectivity index (χ2v) is 5.03. The predicted octanol–water partition coefficient (Wildman–Crippen LogP) is 3.08. The van der Waals surface area contributed by atoms with Gasteiger partial charge in [-0.05, 0) is 45.4 Å². The molecule has 3 nitrogen and oxygen atoms in total. The zero-order valence-corrected chi connectivity index (χ0v) is 10.5. The Hall–Kier alpha value is -1.12. The van der Waals surface area contributed by atoms with Crippen molar-refractivity contribution in [2.24, 2.45) is 5.92 Å². The van der Waals surface area contributed by atoms with Crippen LogP contribution in [-0.4, -0.2) is 16.0 Å². The van der Waals surface area contributed by atoms with E-state index >= 15 is 0 Å². The Bertz CT molecular complexity index is 354. The molecule has 0 bridgehead atoms. The molecule has 0 saturated heterocycles. The fourth-order valence-corrected chi connectivity index (χ4v) is 2.22. The summed E-state index contributed by atoms with van der Waals surface area (Å²) in [6, 6.07) is 0.590. The van der Waals surface area contributed by atoms with E-state index in [9.17, 15) is 0 Å². The zero-order chi connectivity index (χ0) is 11.5. The van der Waals surface area contributed by atoms with Gasteiger partial charge in [0.05, 0.1) is 17.6 Å². The SMILES string of the molecule is Cc1ncc(NC2CCC(C)CC2)nc1C. The molecule has 3 heteroatoms. The van der Waals surface area contributed by atoms with Crippen LogP contribution in [0.3, 0.4) is 0 Å². The van der Waals surface area contributed by atoms with Gasteiger partial charge in [-0.3, -0.25) is 4.98 Å². The molecule has 16 heavy (non-hydrogen) atoms. The van der Waals surface area contributed by atoms with Crippen molar-refractivity contribution in [2.75, 3.05) is 5.32 Å². The summed E-state index contributed by atoms with van der Waals surface area (Å²) in [7, 11) is 0.